The molecule has 19 heavy (non-hydrogen) atoms. The Morgan fingerprint density at radius 3 is 2.58 bits per heavy atom. The van der Waals surface area contributed by atoms with E-state index in [0.717, 1.165) is 17.0 Å². The molecule has 5 nitrogen and oxygen atoms in total. The number of nitrogens with zero attached hydrogens (tertiary/aromatic N) is 2. The van der Waals surface area contributed by atoms with Gasteiger partial charge >= 0.3 is 6.18 Å². The molecule has 9 heteroatoms. The van der Waals surface area contributed by atoms with E-state index < -0.39 is 11.7 Å². The number of hydrazine groups is 1. The minimum atomic E-state index is -4.45. The summed E-state index contributed by atoms with van der Waals surface area (Å²) in [5, 5.41) is 2.80. The van der Waals surface area contributed by atoms with Crippen LogP contribution in [0.15, 0.2) is 23.8 Å². The second-order valence-electron chi connectivity index (χ2n) is 3.59. The molecule has 102 valence electrons. The van der Waals surface area contributed by atoms with E-state index in [-0.39, 0.29) is 11.6 Å². The molecule has 0 spiro atoms. The Kier molecular flexibility index (Phi) is 3.86. The van der Waals surface area contributed by atoms with Crippen molar-refractivity contribution in [2.75, 3.05) is 10.7 Å². The summed E-state index contributed by atoms with van der Waals surface area (Å²) < 4.78 is 38.0. The van der Waals surface area contributed by atoms with Crippen LogP contribution in [0.5, 0.6) is 0 Å². The van der Waals surface area contributed by atoms with E-state index in [1.165, 1.54) is 11.3 Å². The van der Waals surface area contributed by atoms with Gasteiger partial charge in [-0.2, -0.15) is 13.2 Å². The molecule has 0 fully saturated rings. The third kappa shape index (κ3) is 3.55. The molecule has 0 saturated heterocycles. The number of hydrogen-bond acceptors (Lipinski definition) is 6. The second kappa shape index (κ2) is 5.41. The summed E-state index contributed by atoms with van der Waals surface area (Å²) in [6.07, 6.45) is -2.82. The maximum absolute atomic E-state index is 12.7. The molecule has 0 saturated carbocycles. The molecule has 0 atom stereocenters. The standard InChI is InChI=1S/C10H10F3N5S/c11-10(12,13)6-1-8(17-9(2-6)18-14)16-4-7-3-15-5-19-7/h1-3,5H,4,14H2,(H2,16,17,18). The van der Waals surface area contributed by atoms with E-state index in [4.69, 9.17) is 5.84 Å². The van der Waals surface area contributed by atoms with Gasteiger partial charge in [0, 0.05) is 11.1 Å². The van der Waals surface area contributed by atoms with Crippen LogP contribution in [0, 0.1) is 0 Å². The van der Waals surface area contributed by atoms with Crippen LogP contribution in [0.3, 0.4) is 0 Å². The normalized spacial score (nSPS) is 11.4. The summed E-state index contributed by atoms with van der Waals surface area (Å²) in [4.78, 5) is 8.66. The minimum absolute atomic E-state index is 0.0540. The van der Waals surface area contributed by atoms with Crippen LogP contribution in [-0.2, 0) is 12.7 Å². The molecule has 2 aromatic rings. The average Bonchev–Trinajstić information content (AvgIpc) is 2.88. The fraction of sp³-hybridized carbons (Fsp3) is 0.200. The molecular formula is C10H10F3N5S. The van der Waals surface area contributed by atoms with Gasteiger partial charge in [-0.05, 0) is 12.1 Å². The van der Waals surface area contributed by atoms with Gasteiger partial charge in [0.05, 0.1) is 17.6 Å². The Bertz CT molecular complexity index is 541. The van der Waals surface area contributed by atoms with E-state index in [1.54, 1.807) is 11.7 Å². The van der Waals surface area contributed by atoms with Gasteiger partial charge in [-0.25, -0.2) is 10.8 Å². The number of thiazole rings is 1. The van der Waals surface area contributed by atoms with Crippen molar-refractivity contribution in [2.24, 2.45) is 5.84 Å². The van der Waals surface area contributed by atoms with E-state index >= 15 is 0 Å². The van der Waals surface area contributed by atoms with Crippen molar-refractivity contribution in [1.29, 1.82) is 0 Å². The second-order valence-corrected chi connectivity index (χ2v) is 4.56. The van der Waals surface area contributed by atoms with Crippen LogP contribution in [-0.4, -0.2) is 9.97 Å². The zero-order valence-electron chi connectivity index (χ0n) is 9.53. The summed E-state index contributed by atoms with van der Waals surface area (Å²) in [7, 11) is 0. The Labute approximate surface area is 110 Å². The SMILES string of the molecule is NNc1cc(C(F)(F)F)cc(NCc2cncs2)n1. The van der Waals surface area contributed by atoms with Crippen molar-refractivity contribution in [3.05, 3.63) is 34.3 Å². The van der Waals surface area contributed by atoms with Crippen molar-refractivity contribution in [1.82, 2.24) is 9.97 Å². The lowest BCUT2D eigenvalue weighted by molar-refractivity contribution is -0.137. The highest BCUT2D eigenvalue weighted by Gasteiger charge is 2.31. The van der Waals surface area contributed by atoms with Gasteiger partial charge in [-0.3, -0.25) is 4.98 Å². The summed E-state index contributed by atoms with van der Waals surface area (Å²) >= 11 is 1.40. The highest BCUT2D eigenvalue weighted by molar-refractivity contribution is 7.09. The Hall–Kier alpha value is -1.87. The topological polar surface area (TPSA) is 75.9 Å². The van der Waals surface area contributed by atoms with E-state index in [9.17, 15) is 13.2 Å². The molecular weight excluding hydrogens is 279 g/mol. The molecule has 4 N–H and O–H groups in total. The summed E-state index contributed by atoms with van der Waals surface area (Å²) in [6.45, 7) is 0.350. The number of nitrogen functional groups attached to an aromatic ring is 1. The maximum atomic E-state index is 12.7. The summed E-state index contributed by atoms with van der Waals surface area (Å²) in [5.74, 6) is 5.15. The molecule has 0 aliphatic rings. The van der Waals surface area contributed by atoms with Gasteiger partial charge in [0.15, 0.2) is 0 Å². The maximum Gasteiger partial charge on any atom is 0.416 e. The molecule has 0 unspecified atom stereocenters. The first-order chi connectivity index (χ1) is 8.99. The van der Waals surface area contributed by atoms with Crippen molar-refractivity contribution >= 4 is 23.0 Å². The Morgan fingerprint density at radius 2 is 2.00 bits per heavy atom. The van der Waals surface area contributed by atoms with Gasteiger partial charge in [0.25, 0.3) is 0 Å². The predicted octanol–water partition coefficient (Wildman–Crippen LogP) is 2.45. The fourth-order valence-corrected chi connectivity index (χ4v) is 1.90. The number of anilines is 2. The van der Waals surface area contributed by atoms with Crippen LogP contribution in [0.25, 0.3) is 0 Å². The highest BCUT2D eigenvalue weighted by atomic mass is 32.1. The number of nitrogens with two attached hydrogens (primary N) is 1. The van der Waals surface area contributed by atoms with Crippen LogP contribution in [0.2, 0.25) is 0 Å². The molecule has 0 radical (unpaired) electrons. The number of pyridine rings is 1. The first kappa shape index (κ1) is 13.6. The quantitative estimate of drug-likeness (QED) is 0.595. The van der Waals surface area contributed by atoms with Crippen LogP contribution in [0.4, 0.5) is 24.8 Å². The zero-order chi connectivity index (χ0) is 13.9. The number of rotatable bonds is 4. The molecule has 0 bridgehead atoms. The predicted molar refractivity (Wildman–Crippen MR) is 66.5 cm³/mol. The number of alkyl halides is 3. The Balaban J connectivity index is 2.19. The molecule has 0 aliphatic carbocycles. The molecule has 2 heterocycles. The lowest BCUT2D eigenvalue weighted by Crippen LogP contribution is -2.13. The fourth-order valence-electron chi connectivity index (χ4n) is 1.37. The third-order valence-electron chi connectivity index (χ3n) is 2.23. The minimum Gasteiger partial charge on any atom is -0.365 e. The monoisotopic (exact) mass is 289 g/mol. The van der Waals surface area contributed by atoms with Crippen LogP contribution >= 0.6 is 11.3 Å². The average molecular weight is 289 g/mol. The Morgan fingerprint density at radius 1 is 1.26 bits per heavy atom. The molecule has 2 aromatic heterocycles. The van der Waals surface area contributed by atoms with Crippen molar-refractivity contribution in [3.8, 4) is 0 Å². The van der Waals surface area contributed by atoms with Crippen molar-refractivity contribution in [2.45, 2.75) is 12.7 Å². The van der Waals surface area contributed by atoms with Crippen molar-refractivity contribution < 1.29 is 13.2 Å². The molecule has 0 aliphatic heterocycles. The van der Waals surface area contributed by atoms with Crippen LogP contribution < -0.4 is 16.6 Å². The lowest BCUT2D eigenvalue weighted by atomic mass is 10.2. The van der Waals surface area contributed by atoms with E-state index in [1.807, 2.05) is 0 Å². The highest BCUT2D eigenvalue weighted by Crippen LogP contribution is 2.32. The van der Waals surface area contributed by atoms with Gasteiger partial charge in [-0.15, -0.1) is 11.3 Å². The third-order valence-corrected chi connectivity index (χ3v) is 3.01. The summed E-state index contributed by atoms with van der Waals surface area (Å²) in [6, 6.07) is 1.78. The van der Waals surface area contributed by atoms with E-state index in [0.29, 0.717) is 6.54 Å². The summed E-state index contributed by atoms with van der Waals surface area (Å²) in [5.41, 5.74) is 2.94. The number of halogens is 3. The van der Waals surface area contributed by atoms with Gasteiger partial charge in [-0.1, -0.05) is 0 Å². The van der Waals surface area contributed by atoms with Crippen molar-refractivity contribution in [3.63, 3.8) is 0 Å². The van der Waals surface area contributed by atoms with Gasteiger partial charge in [0.1, 0.15) is 11.6 Å². The smallest absolute Gasteiger partial charge is 0.365 e. The van der Waals surface area contributed by atoms with Crippen LogP contribution in [0.1, 0.15) is 10.4 Å². The first-order valence-corrected chi connectivity index (χ1v) is 6.04. The number of nitrogens with one attached hydrogen (secondary N) is 2. The number of hydrogen-bond donors (Lipinski definition) is 3. The first-order valence-electron chi connectivity index (χ1n) is 5.16. The zero-order valence-corrected chi connectivity index (χ0v) is 10.3. The molecule has 0 amide bonds. The molecule has 2 rings (SSSR count). The van der Waals surface area contributed by atoms with Gasteiger partial charge in [0.2, 0.25) is 0 Å². The van der Waals surface area contributed by atoms with Gasteiger partial charge < -0.3 is 10.7 Å². The van der Waals surface area contributed by atoms with E-state index in [2.05, 4.69) is 20.7 Å². The molecule has 0 aromatic carbocycles. The lowest BCUT2D eigenvalue weighted by Gasteiger charge is -2.11. The number of aromatic nitrogens is 2. The largest absolute Gasteiger partial charge is 0.416 e.